The molecule has 7 heteroatoms. The van der Waals surface area contributed by atoms with Crippen molar-refractivity contribution in [3.05, 3.63) is 34.3 Å². The van der Waals surface area contributed by atoms with E-state index in [-0.39, 0.29) is 12.3 Å². The Morgan fingerprint density at radius 1 is 1.61 bits per heavy atom. The van der Waals surface area contributed by atoms with Crippen LogP contribution >= 0.6 is 11.3 Å². The SMILES string of the molecule is Cn1ccnc1CNC(=O)Cc1csc(CN)n1. The summed E-state index contributed by atoms with van der Waals surface area (Å²) in [7, 11) is 1.89. The molecule has 0 spiro atoms. The molecule has 0 unspecified atom stereocenters. The quantitative estimate of drug-likeness (QED) is 0.808. The van der Waals surface area contributed by atoms with Crippen molar-refractivity contribution >= 4 is 17.2 Å². The van der Waals surface area contributed by atoms with Crippen LogP contribution in [0.25, 0.3) is 0 Å². The Kier molecular flexibility index (Phi) is 4.06. The molecule has 0 bridgehead atoms. The standard InChI is InChI=1S/C11H15N5OS/c1-16-3-2-13-9(16)6-14-10(17)4-8-7-18-11(5-12)15-8/h2-3,7H,4-6,12H2,1H3,(H,14,17). The van der Waals surface area contributed by atoms with Gasteiger partial charge < -0.3 is 15.6 Å². The first-order valence-electron chi connectivity index (χ1n) is 5.55. The highest BCUT2D eigenvalue weighted by Crippen LogP contribution is 2.09. The summed E-state index contributed by atoms with van der Waals surface area (Å²) in [6.07, 6.45) is 3.83. The van der Waals surface area contributed by atoms with E-state index in [9.17, 15) is 4.79 Å². The summed E-state index contributed by atoms with van der Waals surface area (Å²) < 4.78 is 1.87. The number of carbonyl (C=O) groups excluding carboxylic acids is 1. The number of aromatic nitrogens is 3. The molecule has 2 aromatic rings. The van der Waals surface area contributed by atoms with Gasteiger partial charge in [0.05, 0.1) is 18.7 Å². The Bertz CT molecular complexity index is 533. The third-order valence-electron chi connectivity index (χ3n) is 2.48. The number of nitrogens with one attached hydrogen (secondary N) is 1. The van der Waals surface area contributed by atoms with Crippen molar-refractivity contribution in [1.82, 2.24) is 19.9 Å². The van der Waals surface area contributed by atoms with Crippen molar-refractivity contribution in [2.45, 2.75) is 19.5 Å². The Labute approximate surface area is 109 Å². The Morgan fingerprint density at radius 3 is 3.06 bits per heavy atom. The lowest BCUT2D eigenvalue weighted by molar-refractivity contribution is -0.120. The molecule has 3 N–H and O–H groups in total. The maximum Gasteiger partial charge on any atom is 0.226 e. The number of amides is 1. The average Bonchev–Trinajstić information content (AvgIpc) is 2.96. The minimum atomic E-state index is -0.0631. The summed E-state index contributed by atoms with van der Waals surface area (Å²) in [6, 6.07) is 0. The molecule has 0 aromatic carbocycles. The number of rotatable bonds is 5. The zero-order valence-electron chi connectivity index (χ0n) is 10.1. The first-order valence-corrected chi connectivity index (χ1v) is 6.43. The lowest BCUT2D eigenvalue weighted by Crippen LogP contribution is -2.26. The van der Waals surface area contributed by atoms with E-state index in [2.05, 4.69) is 15.3 Å². The Balaban J connectivity index is 1.84. The van der Waals surface area contributed by atoms with E-state index in [1.807, 2.05) is 23.2 Å². The third kappa shape index (κ3) is 3.14. The van der Waals surface area contributed by atoms with Crippen LogP contribution in [-0.4, -0.2) is 20.4 Å². The van der Waals surface area contributed by atoms with Crippen LogP contribution in [0.5, 0.6) is 0 Å². The molecule has 96 valence electrons. The summed E-state index contributed by atoms with van der Waals surface area (Å²) in [4.78, 5) is 20.1. The number of thiazole rings is 1. The summed E-state index contributed by atoms with van der Waals surface area (Å²) in [6.45, 7) is 0.843. The van der Waals surface area contributed by atoms with Crippen molar-refractivity contribution < 1.29 is 4.79 Å². The molecular weight excluding hydrogens is 250 g/mol. The number of hydrogen-bond donors (Lipinski definition) is 2. The van der Waals surface area contributed by atoms with Crippen LogP contribution in [0.2, 0.25) is 0 Å². The topological polar surface area (TPSA) is 85.8 Å². The molecule has 2 aromatic heterocycles. The van der Waals surface area contributed by atoms with E-state index in [0.717, 1.165) is 16.5 Å². The molecule has 1 amide bonds. The van der Waals surface area contributed by atoms with Crippen molar-refractivity contribution in [3.8, 4) is 0 Å². The second-order valence-corrected chi connectivity index (χ2v) is 4.79. The molecule has 2 rings (SSSR count). The van der Waals surface area contributed by atoms with E-state index >= 15 is 0 Å². The highest BCUT2D eigenvalue weighted by atomic mass is 32.1. The van der Waals surface area contributed by atoms with Gasteiger partial charge in [0.25, 0.3) is 0 Å². The third-order valence-corrected chi connectivity index (χ3v) is 3.40. The van der Waals surface area contributed by atoms with Crippen LogP contribution < -0.4 is 11.1 Å². The maximum atomic E-state index is 11.7. The van der Waals surface area contributed by atoms with Crippen LogP contribution in [0.15, 0.2) is 17.8 Å². The van der Waals surface area contributed by atoms with Gasteiger partial charge in [-0.05, 0) is 0 Å². The van der Waals surface area contributed by atoms with Crippen molar-refractivity contribution in [1.29, 1.82) is 0 Å². The second-order valence-electron chi connectivity index (χ2n) is 3.84. The monoisotopic (exact) mass is 265 g/mol. The number of aryl methyl sites for hydroxylation is 1. The van der Waals surface area contributed by atoms with Crippen LogP contribution in [0.4, 0.5) is 0 Å². The van der Waals surface area contributed by atoms with Crippen LogP contribution in [0.3, 0.4) is 0 Å². The zero-order chi connectivity index (χ0) is 13.0. The molecule has 0 radical (unpaired) electrons. The molecule has 6 nitrogen and oxygen atoms in total. The van der Waals surface area contributed by atoms with E-state index in [0.29, 0.717) is 13.1 Å². The molecule has 0 aliphatic heterocycles. The molecule has 0 atom stereocenters. The van der Waals surface area contributed by atoms with E-state index in [1.54, 1.807) is 6.20 Å². The number of nitrogens with two attached hydrogens (primary N) is 1. The van der Waals surface area contributed by atoms with Gasteiger partial charge in [0.1, 0.15) is 10.8 Å². The molecule has 0 aliphatic carbocycles. The summed E-state index contributed by atoms with van der Waals surface area (Å²) >= 11 is 1.48. The van der Waals surface area contributed by atoms with Crippen LogP contribution in [-0.2, 0) is 31.4 Å². The minimum Gasteiger partial charge on any atom is -0.349 e. The largest absolute Gasteiger partial charge is 0.349 e. The number of nitrogens with zero attached hydrogens (tertiary/aromatic N) is 3. The van der Waals surface area contributed by atoms with Crippen molar-refractivity contribution in [2.75, 3.05) is 0 Å². The highest BCUT2D eigenvalue weighted by Gasteiger charge is 2.08. The first-order chi connectivity index (χ1) is 8.69. The van der Waals surface area contributed by atoms with Gasteiger partial charge in [-0.1, -0.05) is 0 Å². The molecule has 18 heavy (non-hydrogen) atoms. The van der Waals surface area contributed by atoms with Gasteiger partial charge in [0.2, 0.25) is 5.91 Å². The fourth-order valence-corrected chi connectivity index (χ4v) is 2.17. The number of hydrogen-bond acceptors (Lipinski definition) is 5. The normalized spacial score (nSPS) is 10.6. The van der Waals surface area contributed by atoms with Crippen LogP contribution in [0.1, 0.15) is 16.5 Å². The van der Waals surface area contributed by atoms with Gasteiger partial charge in [-0.25, -0.2) is 9.97 Å². The van der Waals surface area contributed by atoms with E-state index < -0.39 is 0 Å². The van der Waals surface area contributed by atoms with Gasteiger partial charge in [0, 0.05) is 31.4 Å². The highest BCUT2D eigenvalue weighted by molar-refractivity contribution is 7.09. The predicted octanol–water partition coefficient (Wildman–Crippen LogP) is 0.194. The molecule has 0 saturated carbocycles. The van der Waals surface area contributed by atoms with Gasteiger partial charge in [0.15, 0.2) is 0 Å². The van der Waals surface area contributed by atoms with E-state index in [1.165, 1.54) is 11.3 Å². The van der Waals surface area contributed by atoms with Crippen LogP contribution in [0, 0.1) is 0 Å². The Morgan fingerprint density at radius 2 is 2.44 bits per heavy atom. The molecule has 0 saturated heterocycles. The molecule has 2 heterocycles. The predicted molar refractivity (Wildman–Crippen MR) is 68.8 cm³/mol. The van der Waals surface area contributed by atoms with Crippen molar-refractivity contribution in [3.63, 3.8) is 0 Å². The summed E-state index contributed by atoms with van der Waals surface area (Å²) in [5.41, 5.74) is 6.23. The number of carbonyl (C=O) groups is 1. The smallest absolute Gasteiger partial charge is 0.226 e. The van der Waals surface area contributed by atoms with Gasteiger partial charge in [-0.15, -0.1) is 11.3 Å². The zero-order valence-corrected chi connectivity index (χ0v) is 10.9. The molecule has 0 aliphatic rings. The second kappa shape index (κ2) is 5.74. The molecule has 0 fully saturated rings. The summed E-state index contributed by atoms with van der Waals surface area (Å²) in [5, 5.41) is 5.53. The minimum absolute atomic E-state index is 0.0631. The lowest BCUT2D eigenvalue weighted by Gasteiger charge is -2.04. The van der Waals surface area contributed by atoms with Gasteiger partial charge in [-0.3, -0.25) is 4.79 Å². The van der Waals surface area contributed by atoms with Crippen molar-refractivity contribution in [2.24, 2.45) is 12.8 Å². The number of imidazole rings is 1. The average molecular weight is 265 g/mol. The fraction of sp³-hybridized carbons (Fsp3) is 0.364. The Hall–Kier alpha value is -1.73. The fourth-order valence-electron chi connectivity index (χ4n) is 1.50. The van der Waals surface area contributed by atoms with E-state index in [4.69, 9.17) is 5.73 Å². The molecular formula is C11H15N5OS. The van der Waals surface area contributed by atoms with Gasteiger partial charge >= 0.3 is 0 Å². The first kappa shape index (κ1) is 12.7. The van der Waals surface area contributed by atoms with Gasteiger partial charge in [-0.2, -0.15) is 0 Å². The summed E-state index contributed by atoms with van der Waals surface area (Å²) in [5.74, 6) is 0.760. The maximum absolute atomic E-state index is 11.7. The lowest BCUT2D eigenvalue weighted by atomic mass is 10.3.